The fraction of sp³-hybridized carbons (Fsp3) is 0.700. The van der Waals surface area contributed by atoms with Gasteiger partial charge in [-0.1, -0.05) is 0 Å². The van der Waals surface area contributed by atoms with E-state index in [2.05, 4.69) is 10.6 Å². The highest BCUT2D eigenvalue weighted by molar-refractivity contribution is 5.78. The van der Waals surface area contributed by atoms with Gasteiger partial charge in [-0.3, -0.25) is 9.59 Å². The fourth-order valence-corrected chi connectivity index (χ4v) is 1.38. The lowest BCUT2D eigenvalue weighted by Gasteiger charge is -2.29. The second-order valence-electron chi connectivity index (χ2n) is 3.82. The quantitative estimate of drug-likeness (QED) is 0.402. The second kappa shape index (κ2) is 6.97. The van der Waals surface area contributed by atoms with Gasteiger partial charge in [0.25, 0.3) is 0 Å². The Morgan fingerprint density at radius 1 is 1.12 bits per heavy atom. The first-order valence-corrected chi connectivity index (χ1v) is 5.15. The minimum atomic E-state index is -1.40. The highest BCUT2D eigenvalue weighted by Crippen LogP contribution is 2.04. The first-order valence-electron chi connectivity index (χ1n) is 5.15. The lowest BCUT2D eigenvalue weighted by Crippen LogP contribution is -2.58. The summed E-state index contributed by atoms with van der Waals surface area (Å²) in [4.78, 5) is 32.4. The maximum Gasteiger partial charge on any atom is 0.217 e. The van der Waals surface area contributed by atoms with Crippen molar-refractivity contribution in [1.82, 2.24) is 10.6 Å². The Hall–Kier alpha value is -1.47. The van der Waals surface area contributed by atoms with E-state index in [4.69, 9.17) is 0 Å². The Bertz CT molecular complexity index is 292. The molecule has 98 valence electrons. The van der Waals surface area contributed by atoms with Crippen LogP contribution in [-0.4, -0.2) is 52.6 Å². The number of aliphatic hydroxyl groups excluding tert-OH is 2. The van der Waals surface area contributed by atoms with Crippen molar-refractivity contribution in [3.63, 3.8) is 0 Å². The van der Waals surface area contributed by atoms with Gasteiger partial charge in [0, 0.05) is 13.8 Å². The van der Waals surface area contributed by atoms with Crippen molar-refractivity contribution >= 4 is 18.1 Å². The maximum atomic E-state index is 10.9. The zero-order chi connectivity index (χ0) is 13.6. The Kier molecular flexibility index (Phi) is 6.37. The molecule has 0 aliphatic rings. The van der Waals surface area contributed by atoms with Crippen molar-refractivity contribution in [2.45, 2.75) is 45.1 Å². The number of amides is 2. The SMILES string of the molecule is CC(=O)N[C@@H]([C@H](O)[C@@H](C=O)NC(C)=O)[C@@H](C)O. The molecule has 0 aromatic rings. The minimum Gasteiger partial charge on any atom is -0.391 e. The number of carbonyl (C=O) groups excluding carboxylic acids is 3. The Balaban J connectivity index is 4.77. The van der Waals surface area contributed by atoms with Crippen LogP contribution in [0.5, 0.6) is 0 Å². The van der Waals surface area contributed by atoms with Crippen molar-refractivity contribution in [2.75, 3.05) is 0 Å². The average molecular weight is 246 g/mol. The van der Waals surface area contributed by atoms with E-state index in [0.29, 0.717) is 6.29 Å². The summed E-state index contributed by atoms with van der Waals surface area (Å²) in [7, 11) is 0. The first-order chi connectivity index (χ1) is 7.79. The molecule has 2 amide bonds. The molecule has 4 N–H and O–H groups in total. The van der Waals surface area contributed by atoms with Crippen LogP contribution in [0.3, 0.4) is 0 Å². The Labute approximate surface area is 99.2 Å². The minimum absolute atomic E-state index is 0.350. The van der Waals surface area contributed by atoms with E-state index in [0.717, 1.165) is 0 Å². The fourth-order valence-electron chi connectivity index (χ4n) is 1.38. The third kappa shape index (κ3) is 5.41. The van der Waals surface area contributed by atoms with Gasteiger partial charge in [-0.25, -0.2) is 0 Å². The largest absolute Gasteiger partial charge is 0.391 e. The van der Waals surface area contributed by atoms with Crippen LogP contribution in [0, 0.1) is 0 Å². The van der Waals surface area contributed by atoms with Gasteiger partial charge < -0.3 is 25.6 Å². The van der Waals surface area contributed by atoms with Crippen LogP contribution in [0.1, 0.15) is 20.8 Å². The molecule has 7 heteroatoms. The average Bonchev–Trinajstić information content (AvgIpc) is 2.20. The summed E-state index contributed by atoms with van der Waals surface area (Å²) in [6.07, 6.45) is -2.12. The number of aldehydes is 1. The van der Waals surface area contributed by atoms with Crippen LogP contribution in [0.4, 0.5) is 0 Å². The van der Waals surface area contributed by atoms with E-state index >= 15 is 0 Å². The van der Waals surface area contributed by atoms with E-state index in [1.807, 2.05) is 0 Å². The molecule has 0 saturated carbocycles. The molecule has 0 unspecified atom stereocenters. The van der Waals surface area contributed by atoms with Gasteiger partial charge in [0.05, 0.1) is 12.1 Å². The predicted octanol–water partition coefficient (Wildman–Crippen LogP) is -2.06. The summed E-state index contributed by atoms with van der Waals surface area (Å²) in [6, 6.07) is -2.21. The van der Waals surface area contributed by atoms with Gasteiger partial charge in [0.15, 0.2) is 0 Å². The molecule has 0 rings (SSSR count). The smallest absolute Gasteiger partial charge is 0.217 e. The second-order valence-corrected chi connectivity index (χ2v) is 3.82. The Morgan fingerprint density at radius 2 is 1.59 bits per heavy atom. The topological polar surface area (TPSA) is 116 Å². The highest BCUT2D eigenvalue weighted by Gasteiger charge is 2.31. The maximum absolute atomic E-state index is 10.9. The molecular weight excluding hydrogens is 228 g/mol. The van der Waals surface area contributed by atoms with Gasteiger partial charge in [-0.05, 0) is 6.92 Å². The van der Waals surface area contributed by atoms with Gasteiger partial charge in [-0.15, -0.1) is 0 Å². The zero-order valence-corrected chi connectivity index (χ0v) is 10.0. The van der Waals surface area contributed by atoms with Crippen LogP contribution in [0.25, 0.3) is 0 Å². The van der Waals surface area contributed by atoms with Crippen molar-refractivity contribution in [3.8, 4) is 0 Å². The van der Waals surface area contributed by atoms with E-state index in [1.165, 1.54) is 20.8 Å². The monoisotopic (exact) mass is 246 g/mol. The van der Waals surface area contributed by atoms with Crippen LogP contribution in [-0.2, 0) is 14.4 Å². The van der Waals surface area contributed by atoms with E-state index in [-0.39, 0.29) is 0 Å². The first kappa shape index (κ1) is 15.5. The summed E-state index contributed by atoms with van der Waals surface area (Å²) in [5.41, 5.74) is 0. The number of hydrogen-bond acceptors (Lipinski definition) is 5. The molecule has 4 atom stereocenters. The molecule has 0 aliphatic heterocycles. The zero-order valence-electron chi connectivity index (χ0n) is 10.0. The van der Waals surface area contributed by atoms with E-state index < -0.39 is 36.1 Å². The molecular formula is C10H18N2O5. The lowest BCUT2D eigenvalue weighted by atomic mass is 9.99. The summed E-state index contributed by atoms with van der Waals surface area (Å²) in [6.45, 7) is 3.77. The molecule has 0 aliphatic carbocycles. The van der Waals surface area contributed by atoms with Gasteiger partial charge in [0.1, 0.15) is 18.4 Å². The highest BCUT2D eigenvalue weighted by atomic mass is 16.3. The number of hydrogen-bond donors (Lipinski definition) is 4. The van der Waals surface area contributed by atoms with Gasteiger partial charge in [-0.2, -0.15) is 0 Å². The van der Waals surface area contributed by atoms with Crippen molar-refractivity contribution < 1.29 is 24.6 Å². The van der Waals surface area contributed by atoms with Crippen molar-refractivity contribution in [2.24, 2.45) is 0 Å². The molecule has 0 aromatic heterocycles. The number of aliphatic hydroxyl groups is 2. The molecule has 0 spiro atoms. The van der Waals surface area contributed by atoms with E-state index in [9.17, 15) is 24.6 Å². The predicted molar refractivity (Wildman–Crippen MR) is 59.0 cm³/mol. The molecule has 17 heavy (non-hydrogen) atoms. The van der Waals surface area contributed by atoms with Crippen LogP contribution in [0.2, 0.25) is 0 Å². The summed E-state index contributed by atoms with van der Waals surface area (Å²) in [5, 5.41) is 23.8. The molecule has 7 nitrogen and oxygen atoms in total. The third-order valence-corrected chi connectivity index (χ3v) is 2.14. The molecule has 0 saturated heterocycles. The van der Waals surface area contributed by atoms with Gasteiger partial charge >= 0.3 is 0 Å². The number of rotatable bonds is 6. The number of carbonyl (C=O) groups is 3. The number of nitrogens with one attached hydrogen (secondary N) is 2. The molecule has 0 aromatic carbocycles. The standard InChI is InChI=1S/C10H18N2O5/c1-5(14)9(12-7(3)16)10(17)8(4-13)11-6(2)15/h4-5,8-10,14,17H,1-3H3,(H,11,15)(H,12,16)/t5-,8-,9-,10-/m1/s1. The Morgan fingerprint density at radius 3 is 1.88 bits per heavy atom. The summed E-state index contributed by atoms with van der Waals surface area (Å²) in [5.74, 6) is -0.948. The van der Waals surface area contributed by atoms with Crippen LogP contribution in [0.15, 0.2) is 0 Å². The molecule has 0 radical (unpaired) electrons. The lowest BCUT2D eigenvalue weighted by molar-refractivity contribution is -0.126. The van der Waals surface area contributed by atoms with Crippen molar-refractivity contribution in [3.05, 3.63) is 0 Å². The molecule has 0 fully saturated rings. The normalized spacial score (nSPS) is 17.5. The van der Waals surface area contributed by atoms with Crippen LogP contribution < -0.4 is 10.6 Å². The van der Waals surface area contributed by atoms with Crippen molar-refractivity contribution in [1.29, 1.82) is 0 Å². The summed E-state index contributed by atoms with van der Waals surface area (Å²) >= 11 is 0. The third-order valence-electron chi connectivity index (χ3n) is 2.14. The van der Waals surface area contributed by atoms with E-state index in [1.54, 1.807) is 0 Å². The molecule has 0 bridgehead atoms. The van der Waals surface area contributed by atoms with Gasteiger partial charge in [0.2, 0.25) is 11.8 Å². The molecule has 0 heterocycles. The summed E-state index contributed by atoms with van der Waals surface area (Å²) < 4.78 is 0. The van der Waals surface area contributed by atoms with Crippen LogP contribution >= 0.6 is 0 Å².